The highest BCUT2D eigenvalue weighted by Crippen LogP contribution is 2.28. The van der Waals surface area contributed by atoms with Crippen LogP contribution in [0.1, 0.15) is 0 Å². The molecule has 11 heteroatoms. The van der Waals surface area contributed by atoms with Crippen molar-refractivity contribution in [3.63, 3.8) is 0 Å². The van der Waals surface area contributed by atoms with Gasteiger partial charge >= 0.3 is 0 Å². The fourth-order valence-electron chi connectivity index (χ4n) is 1.52. The fourth-order valence-corrected chi connectivity index (χ4v) is 4.23. The summed E-state index contributed by atoms with van der Waals surface area (Å²) in [6.45, 7) is 0.766. The standard InChI is InChI=1S/C14H15ClN4O3S3/c15-9-1-3-10(4-2-9)22-6-5-17-12(21)8-24-14-19-18-13(25-14)23-7-11(16)20/h1-4H,5-8H2,(H2,16,20)(H,17,21). The number of halogens is 1. The predicted octanol–water partition coefficient (Wildman–Crippen LogP) is 2.06. The molecule has 1 heterocycles. The van der Waals surface area contributed by atoms with Crippen LogP contribution in [-0.2, 0) is 9.59 Å². The summed E-state index contributed by atoms with van der Waals surface area (Å²) in [7, 11) is 0. The number of thioether (sulfide) groups is 2. The lowest BCUT2D eigenvalue weighted by molar-refractivity contribution is -0.118. The summed E-state index contributed by atoms with van der Waals surface area (Å²) >= 11 is 9.63. The van der Waals surface area contributed by atoms with Crippen LogP contribution in [0.15, 0.2) is 32.9 Å². The molecule has 0 aliphatic rings. The number of benzene rings is 1. The molecule has 1 aromatic carbocycles. The van der Waals surface area contributed by atoms with E-state index in [2.05, 4.69) is 15.5 Å². The molecule has 0 bridgehead atoms. The first-order valence-corrected chi connectivity index (χ1v) is 10.2. The molecule has 2 aromatic rings. The van der Waals surface area contributed by atoms with Crippen molar-refractivity contribution in [2.75, 3.05) is 24.7 Å². The van der Waals surface area contributed by atoms with Gasteiger partial charge in [0.25, 0.3) is 0 Å². The first-order chi connectivity index (χ1) is 12.0. The third-order valence-electron chi connectivity index (χ3n) is 2.56. The maximum Gasteiger partial charge on any atom is 0.230 e. The highest BCUT2D eigenvalue weighted by Gasteiger charge is 2.09. The number of ether oxygens (including phenoxy) is 1. The van der Waals surface area contributed by atoms with Crippen LogP contribution >= 0.6 is 46.5 Å². The van der Waals surface area contributed by atoms with Gasteiger partial charge in [0.1, 0.15) is 12.4 Å². The molecule has 0 aliphatic carbocycles. The van der Waals surface area contributed by atoms with Crippen LogP contribution in [0.25, 0.3) is 0 Å². The second kappa shape index (κ2) is 10.5. The van der Waals surface area contributed by atoms with Crippen molar-refractivity contribution in [2.24, 2.45) is 5.73 Å². The van der Waals surface area contributed by atoms with E-state index < -0.39 is 5.91 Å². The minimum absolute atomic E-state index is 0.119. The van der Waals surface area contributed by atoms with Gasteiger partial charge in [-0.05, 0) is 24.3 Å². The fraction of sp³-hybridized carbons (Fsp3) is 0.286. The van der Waals surface area contributed by atoms with Gasteiger partial charge in [0.15, 0.2) is 8.68 Å². The number of hydrogen-bond acceptors (Lipinski definition) is 8. The summed E-state index contributed by atoms with van der Waals surface area (Å²) in [6, 6.07) is 7.01. The summed E-state index contributed by atoms with van der Waals surface area (Å²) in [6.07, 6.45) is 0. The largest absolute Gasteiger partial charge is 0.492 e. The molecule has 0 atom stereocenters. The average Bonchev–Trinajstić information content (AvgIpc) is 3.04. The van der Waals surface area contributed by atoms with Crippen molar-refractivity contribution >= 4 is 58.3 Å². The molecule has 2 amide bonds. The van der Waals surface area contributed by atoms with Crippen LogP contribution < -0.4 is 15.8 Å². The SMILES string of the molecule is NC(=O)CSc1nnc(SCC(=O)NCCOc2ccc(Cl)cc2)s1. The van der Waals surface area contributed by atoms with E-state index in [4.69, 9.17) is 22.1 Å². The topological polar surface area (TPSA) is 107 Å². The van der Waals surface area contributed by atoms with Crippen molar-refractivity contribution in [3.05, 3.63) is 29.3 Å². The smallest absolute Gasteiger partial charge is 0.230 e. The number of nitrogens with zero attached hydrogens (tertiary/aromatic N) is 2. The molecule has 0 aliphatic heterocycles. The third kappa shape index (κ3) is 7.95. The number of nitrogens with two attached hydrogens (primary N) is 1. The highest BCUT2D eigenvalue weighted by molar-refractivity contribution is 8.03. The zero-order valence-corrected chi connectivity index (χ0v) is 16.1. The van der Waals surface area contributed by atoms with Crippen LogP contribution in [0.2, 0.25) is 5.02 Å². The van der Waals surface area contributed by atoms with Crippen LogP contribution in [0.5, 0.6) is 5.75 Å². The van der Waals surface area contributed by atoms with Crippen LogP contribution in [-0.4, -0.2) is 46.7 Å². The molecule has 134 valence electrons. The van der Waals surface area contributed by atoms with Gasteiger partial charge in [-0.3, -0.25) is 9.59 Å². The Balaban J connectivity index is 1.60. The number of nitrogens with one attached hydrogen (secondary N) is 1. The van der Waals surface area contributed by atoms with Crippen molar-refractivity contribution in [1.82, 2.24) is 15.5 Å². The number of amides is 2. The Morgan fingerprint density at radius 3 is 2.44 bits per heavy atom. The maximum atomic E-state index is 11.8. The van der Waals surface area contributed by atoms with E-state index in [1.54, 1.807) is 24.3 Å². The van der Waals surface area contributed by atoms with Crippen LogP contribution in [0.3, 0.4) is 0 Å². The Kier molecular flexibility index (Phi) is 8.32. The van der Waals surface area contributed by atoms with E-state index in [9.17, 15) is 9.59 Å². The van der Waals surface area contributed by atoms with E-state index >= 15 is 0 Å². The first kappa shape index (κ1) is 19.8. The number of carbonyl (C=O) groups excluding carboxylic acids is 2. The Hall–Kier alpha value is -1.49. The molecule has 3 N–H and O–H groups in total. The van der Waals surface area contributed by atoms with Gasteiger partial charge in [0.2, 0.25) is 11.8 Å². The van der Waals surface area contributed by atoms with Gasteiger partial charge in [-0.2, -0.15) is 0 Å². The Morgan fingerprint density at radius 2 is 1.80 bits per heavy atom. The molecule has 0 unspecified atom stereocenters. The van der Waals surface area contributed by atoms with E-state index in [1.807, 2.05) is 0 Å². The molecule has 25 heavy (non-hydrogen) atoms. The number of rotatable bonds is 10. The van der Waals surface area contributed by atoms with Gasteiger partial charge in [-0.25, -0.2) is 0 Å². The van der Waals surface area contributed by atoms with E-state index in [0.717, 1.165) is 0 Å². The quantitative estimate of drug-likeness (QED) is 0.449. The molecule has 0 fully saturated rings. The Bertz CT molecular complexity index is 712. The summed E-state index contributed by atoms with van der Waals surface area (Å²) in [4.78, 5) is 22.5. The number of carbonyl (C=O) groups is 2. The predicted molar refractivity (Wildman–Crippen MR) is 101 cm³/mol. The van der Waals surface area contributed by atoms with Gasteiger partial charge in [0.05, 0.1) is 18.1 Å². The summed E-state index contributed by atoms with van der Waals surface area (Å²) < 4.78 is 6.80. The molecule has 0 spiro atoms. The number of hydrogen-bond donors (Lipinski definition) is 2. The Labute approximate surface area is 162 Å². The summed E-state index contributed by atoms with van der Waals surface area (Å²) in [5.74, 6) is 0.562. The molecular formula is C14H15ClN4O3S3. The van der Waals surface area contributed by atoms with Gasteiger partial charge in [0, 0.05) is 5.02 Å². The second-order valence-electron chi connectivity index (χ2n) is 4.53. The number of aromatic nitrogens is 2. The molecular weight excluding hydrogens is 404 g/mol. The molecule has 2 rings (SSSR count). The second-order valence-corrected chi connectivity index (χ2v) is 8.39. The molecule has 1 aromatic heterocycles. The van der Waals surface area contributed by atoms with Crippen molar-refractivity contribution in [3.8, 4) is 5.75 Å². The van der Waals surface area contributed by atoms with Crippen molar-refractivity contribution < 1.29 is 14.3 Å². The number of primary amides is 1. The lowest BCUT2D eigenvalue weighted by Gasteiger charge is -2.07. The average molecular weight is 419 g/mol. The highest BCUT2D eigenvalue weighted by atomic mass is 35.5. The Morgan fingerprint density at radius 1 is 1.16 bits per heavy atom. The monoisotopic (exact) mass is 418 g/mol. The van der Waals surface area contributed by atoms with Crippen molar-refractivity contribution in [1.29, 1.82) is 0 Å². The normalized spacial score (nSPS) is 10.4. The first-order valence-electron chi connectivity index (χ1n) is 7.05. The van der Waals surface area contributed by atoms with Crippen LogP contribution in [0, 0.1) is 0 Å². The molecule has 7 nitrogen and oxygen atoms in total. The van der Waals surface area contributed by atoms with Crippen molar-refractivity contribution in [2.45, 2.75) is 8.68 Å². The maximum absolute atomic E-state index is 11.8. The molecule has 0 saturated heterocycles. The minimum Gasteiger partial charge on any atom is -0.492 e. The lowest BCUT2D eigenvalue weighted by Crippen LogP contribution is -2.29. The molecule has 0 radical (unpaired) electrons. The van der Waals surface area contributed by atoms with Gasteiger partial charge in [-0.1, -0.05) is 46.5 Å². The van der Waals surface area contributed by atoms with E-state index in [-0.39, 0.29) is 17.4 Å². The van der Waals surface area contributed by atoms with Gasteiger partial charge in [-0.15, -0.1) is 10.2 Å². The summed E-state index contributed by atoms with van der Waals surface area (Å²) in [5.41, 5.74) is 5.07. The zero-order valence-electron chi connectivity index (χ0n) is 12.9. The lowest BCUT2D eigenvalue weighted by atomic mass is 10.3. The molecule has 0 saturated carbocycles. The minimum atomic E-state index is -0.408. The summed E-state index contributed by atoms with van der Waals surface area (Å²) in [5, 5.41) is 11.3. The van der Waals surface area contributed by atoms with Gasteiger partial charge < -0.3 is 15.8 Å². The van der Waals surface area contributed by atoms with E-state index in [1.165, 1.54) is 34.9 Å². The third-order valence-corrected chi connectivity index (χ3v) is 6.02. The van der Waals surface area contributed by atoms with E-state index in [0.29, 0.717) is 32.6 Å². The van der Waals surface area contributed by atoms with Crippen LogP contribution in [0.4, 0.5) is 0 Å². The zero-order chi connectivity index (χ0) is 18.1.